The van der Waals surface area contributed by atoms with Gasteiger partial charge in [0.1, 0.15) is 0 Å². The first-order valence-electron chi connectivity index (χ1n) is 3.11. The molecule has 0 spiro atoms. The van der Waals surface area contributed by atoms with E-state index in [1.807, 2.05) is 0 Å². The highest BCUT2D eigenvalue weighted by molar-refractivity contribution is 9.09. The number of hydrogen-bond donors (Lipinski definition) is 0. The molecule has 0 aliphatic carbocycles. The first kappa shape index (κ1) is 5.21. The summed E-state index contributed by atoms with van der Waals surface area (Å²) in [5.74, 6) is 0. The minimum atomic E-state index is -1.05. The van der Waals surface area contributed by atoms with Crippen molar-refractivity contribution < 1.29 is 10.8 Å². The van der Waals surface area contributed by atoms with Crippen molar-refractivity contribution in [1.29, 1.82) is 0 Å². The molecule has 0 aromatic rings. The second kappa shape index (κ2) is 3.43. The zero-order chi connectivity index (χ0) is 6.74. The molecule has 2 nitrogen and oxygen atoms in total. The van der Waals surface area contributed by atoms with Crippen LogP contribution in [0.4, 0.5) is 0 Å². The average molecular weight is 182 g/mol. The lowest BCUT2D eigenvalue weighted by Gasteiger charge is -2.03. The summed E-state index contributed by atoms with van der Waals surface area (Å²) < 4.78 is 17.4. The van der Waals surface area contributed by atoms with Crippen molar-refractivity contribution >= 4 is 15.9 Å². The average Bonchev–Trinajstić information content (AvgIpc) is 2.16. The lowest BCUT2D eigenvalue weighted by molar-refractivity contribution is -0.0419. The largest absolute Gasteiger partial charge is 0.350 e. The topological polar surface area (TPSA) is 18.5 Å². The van der Waals surface area contributed by atoms with Gasteiger partial charge in [-0.3, -0.25) is 0 Å². The number of rotatable bonds is 2. The van der Waals surface area contributed by atoms with Gasteiger partial charge in [-0.15, -0.1) is 0 Å². The van der Waals surface area contributed by atoms with E-state index in [1.165, 1.54) is 0 Å². The van der Waals surface area contributed by atoms with Gasteiger partial charge in [-0.05, 0) is 0 Å². The van der Waals surface area contributed by atoms with Crippen LogP contribution in [0.1, 0.15) is 7.79 Å². The number of hydrogen-bond acceptors (Lipinski definition) is 2. The fraction of sp³-hybridized carbons (Fsp3) is 1.00. The van der Waals surface area contributed by atoms with Gasteiger partial charge in [0.2, 0.25) is 0 Å². The molecule has 0 amide bonds. The predicted octanol–water partition coefficient (Wildman–Crippen LogP) is 1.14. The lowest BCUT2D eigenvalue weighted by Crippen LogP contribution is -2.06. The van der Waals surface area contributed by atoms with Crippen molar-refractivity contribution in [2.75, 3.05) is 18.5 Å². The normalized spacial score (nSPS) is 27.9. The predicted molar refractivity (Wildman–Crippen MR) is 34.1 cm³/mol. The molecule has 0 unspecified atom stereocenters. The van der Waals surface area contributed by atoms with Crippen LogP contribution in [0.15, 0.2) is 0 Å². The summed E-state index contributed by atoms with van der Waals surface area (Å²) in [6.45, 7) is 1.10. The maximum Gasteiger partial charge on any atom is 0.158 e. The second-order valence-electron chi connectivity index (χ2n) is 1.51. The highest BCUT2D eigenvalue weighted by atomic mass is 79.9. The zero-order valence-corrected chi connectivity index (χ0v) is 6.11. The van der Waals surface area contributed by atoms with Crippen LogP contribution in [0, 0.1) is 0 Å². The molecule has 1 heterocycles. The molecular weight excluding hydrogens is 172 g/mol. The number of alkyl halides is 1. The van der Waals surface area contributed by atoms with Crippen molar-refractivity contribution in [3.63, 3.8) is 0 Å². The van der Waals surface area contributed by atoms with E-state index >= 15 is 0 Å². The highest BCUT2D eigenvalue weighted by Crippen LogP contribution is 2.08. The van der Waals surface area contributed by atoms with E-state index in [1.54, 1.807) is 0 Å². The van der Waals surface area contributed by atoms with E-state index in [0.717, 1.165) is 5.33 Å². The fourth-order valence-corrected chi connectivity index (χ4v) is 0.898. The maximum absolute atomic E-state index is 7.41. The van der Waals surface area contributed by atoms with Crippen molar-refractivity contribution in [1.82, 2.24) is 0 Å². The number of halogens is 1. The third-order valence-electron chi connectivity index (χ3n) is 0.908. The van der Waals surface area contributed by atoms with E-state index in [2.05, 4.69) is 15.9 Å². The molecule has 0 saturated carbocycles. The minimum Gasteiger partial charge on any atom is -0.350 e. The Bertz CT molecular complexity index is 93.0. The quantitative estimate of drug-likeness (QED) is 0.596. The van der Waals surface area contributed by atoms with Gasteiger partial charge in [-0.2, -0.15) is 0 Å². The van der Waals surface area contributed by atoms with Crippen LogP contribution in [-0.2, 0) is 9.47 Å². The van der Waals surface area contributed by atoms with Crippen molar-refractivity contribution in [2.45, 2.75) is 12.7 Å². The van der Waals surface area contributed by atoms with Gasteiger partial charge >= 0.3 is 0 Å². The third kappa shape index (κ3) is 1.73. The zero-order valence-electron chi connectivity index (χ0n) is 5.52. The van der Waals surface area contributed by atoms with Gasteiger partial charge in [0.15, 0.2) is 6.27 Å². The van der Waals surface area contributed by atoms with Crippen molar-refractivity contribution in [2.24, 2.45) is 0 Å². The smallest absolute Gasteiger partial charge is 0.158 e. The van der Waals surface area contributed by atoms with E-state index < -0.39 is 6.27 Å². The van der Waals surface area contributed by atoms with Gasteiger partial charge in [-0.1, -0.05) is 15.9 Å². The molecule has 1 aliphatic heterocycles. The summed E-state index contributed by atoms with van der Waals surface area (Å²) in [5.41, 5.74) is 0. The first-order chi connectivity index (χ1) is 4.27. The van der Waals surface area contributed by atoms with Crippen LogP contribution < -0.4 is 0 Å². The van der Waals surface area contributed by atoms with Crippen molar-refractivity contribution in [3.8, 4) is 0 Å². The summed E-state index contributed by atoms with van der Waals surface area (Å²) in [6.07, 6.45) is -0.462. The monoisotopic (exact) mass is 181 g/mol. The first-order valence-corrected chi connectivity index (χ1v) is 3.73. The molecular formula is C5H9BrO2. The Balaban J connectivity index is 2.32. The van der Waals surface area contributed by atoms with E-state index in [9.17, 15) is 0 Å². The van der Waals surface area contributed by atoms with Crippen LogP contribution in [-0.4, -0.2) is 24.8 Å². The Hall–Kier alpha value is 0.400. The van der Waals surface area contributed by atoms with Crippen LogP contribution in [0.2, 0.25) is 0 Å². The molecule has 0 bridgehead atoms. The van der Waals surface area contributed by atoms with Crippen molar-refractivity contribution in [3.05, 3.63) is 0 Å². The Kier molecular flexibility index (Phi) is 2.23. The molecule has 48 valence electrons. The summed E-state index contributed by atoms with van der Waals surface area (Å²) in [7, 11) is 0. The van der Waals surface area contributed by atoms with Crippen LogP contribution in [0.3, 0.4) is 0 Å². The van der Waals surface area contributed by atoms with Gasteiger partial charge < -0.3 is 9.47 Å². The number of ether oxygens (including phenoxy) is 2. The third-order valence-corrected chi connectivity index (χ3v) is 1.30. The molecule has 1 saturated heterocycles. The fourth-order valence-electron chi connectivity index (χ4n) is 0.574. The SMILES string of the molecule is [2H]C1(CCBr)OCCO1. The van der Waals surface area contributed by atoms with Crippen LogP contribution in [0.5, 0.6) is 0 Å². The van der Waals surface area contributed by atoms with Crippen LogP contribution in [0.25, 0.3) is 0 Å². The second-order valence-corrected chi connectivity index (χ2v) is 2.30. The van der Waals surface area contributed by atoms with Gasteiger partial charge in [-0.25, -0.2) is 0 Å². The van der Waals surface area contributed by atoms with E-state index in [4.69, 9.17) is 10.8 Å². The Labute approximate surface area is 58.7 Å². The molecule has 1 aliphatic rings. The standard InChI is InChI=1S/C5H9BrO2/c6-2-1-5-7-3-4-8-5/h5H,1-4H2/i5D. The molecule has 0 aromatic carbocycles. The summed E-state index contributed by atoms with van der Waals surface area (Å²) in [5, 5.41) is 0.747. The van der Waals surface area contributed by atoms with Gasteiger partial charge in [0, 0.05) is 11.8 Å². The molecule has 3 heteroatoms. The summed E-state index contributed by atoms with van der Waals surface area (Å²) in [6, 6.07) is 0. The molecule has 0 radical (unpaired) electrons. The van der Waals surface area contributed by atoms with Crippen LogP contribution >= 0.6 is 15.9 Å². The van der Waals surface area contributed by atoms with Gasteiger partial charge in [0.25, 0.3) is 0 Å². The molecule has 0 aromatic heterocycles. The Morgan fingerprint density at radius 3 is 2.75 bits per heavy atom. The Morgan fingerprint density at radius 2 is 2.25 bits per heavy atom. The molecule has 1 fully saturated rings. The highest BCUT2D eigenvalue weighted by Gasteiger charge is 2.13. The lowest BCUT2D eigenvalue weighted by atomic mass is 10.5. The Morgan fingerprint density at radius 1 is 1.62 bits per heavy atom. The minimum absolute atomic E-state index is 0.552. The summed E-state index contributed by atoms with van der Waals surface area (Å²) >= 11 is 3.21. The van der Waals surface area contributed by atoms with E-state index in [0.29, 0.717) is 19.6 Å². The molecule has 8 heavy (non-hydrogen) atoms. The molecule has 1 rings (SSSR count). The maximum atomic E-state index is 7.41. The molecule has 0 atom stereocenters. The van der Waals surface area contributed by atoms with Gasteiger partial charge in [0.05, 0.1) is 14.6 Å². The summed E-state index contributed by atoms with van der Waals surface area (Å²) in [4.78, 5) is 0. The van der Waals surface area contributed by atoms with E-state index in [-0.39, 0.29) is 0 Å². The molecule has 0 N–H and O–H groups in total.